The average molecular weight is 263 g/mol. The van der Waals surface area contributed by atoms with Crippen LogP contribution in [0.25, 0.3) is 0 Å². The van der Waals surface area contributed by atoms with Crippen molar-refractivity contribution in [1.82, 2.24) is 5.32 Å². The van der Waals surface area contributed by atoms with Gasteiger partial charge in [-0.25, -0.2) is 0 Å². The standard InChI is InChI=1S/C16H25NS/c1-17-15(13-18-16-9-5-6-10-16)12-11-14-7-3-2-4-8-14/h2-4,7-8,15-17H,5-6,9-13H2,1H3. The van der Waals surface area contributed by atoms with Gasteiger partial charge in [0.05, 0.1) is 0 Å². The zero-order chi connectivity index (χ0) is 12.6. The lowest BCUT2D eigenvalue weighted by Crippen LogP contribution is -2.29. The number of aryl methyl sites for hydroxylation is 1. The van der Waals surface area contributed by atoms with Crippen molar-refractivity contribution in [2.45, 2.75) is 49.8 Å². The van der Waals surface area contributed by atoms with Crippen molar-refractivity contribution in [2.24, 2.45) is 0 Å². The smallest absolute Gasteiger partial charge is 0.0158 e. The number of hydrogen-bond donors (Lipinski definition) is 1. The maximum Gasteiger partial charge on any atom is 0.0158 e. The minimum absolute atomic E-state index is 0.663. The van der Waals surface area contributed by atoms with Crippen LogP contribution in [0.3, 0.4) is 0 Å². The van der Waals surface area contributed by atoms with E-state index in [2.05, 4.69) is 54.5 Å². The Morgan fingerprint density at radius 3 is 2.61 bits per heavy atom. The van der Waals surface area contributed by atoms with E-state index in [0.29, 0.717) is 6.04 Å². The van der Waals surface area contributed by atoms with E-state index in [0.717, 1.165) is 5.25 Å². The predicted molar refractivity (Wildman–Crippen MR) is 82.3 cm³/mol. The van der Waals surface area contributed by atoms with Crippen molar-refractivity contribution in [3.05, 3.63) is 35.9 Å². The first kappa shape index (κ1) is 14.0. The van der Waals surface area contributed by atoms with Gasteiger partial charge in [0.25, 0.3) is 0 Å². The number of thioether (sulfide) groups is 1. The molecular weight excluding hydrogens is 238 g/mol. The molecule has 1 aromatic carbocycles. The van der Waals surface area contributed by atoms with Gasteiger partial charge in [-0.2, -0.15) is 11.8 Å². The Balaban J connectivity index is 1.68. The highest BCUT2D eigenvalue weighted by Gasteiger charge is 2.17. The molecule has 1 aliphatic carbocycles. The quantitative estimate of drug-likeness (QED) is 0.801. The zero-order valence-electron chi connectivity index (χ0n) is 11.4. The summed E-state index contributed by atoms with van der Waals surface area (Å²) < 4.78 is 0. The molecule has 1 saturated carbocycles. The molecular formula is C16H25NS. The van der Waals surface area contributed by atoms with Crippen LogP contribution in [0.5, 0.6) is 0 Å². The number of hydrogen-bond acceptors (Lipinski definition) is 2. The number of nitrogens with one attached hydrogen (secondary N) is 1. The Morgan fingerprint density at radius 2 is 1.94 bits per heavy atom. The summed E-state index contributed by atoms with van der Waals surface area (Å²) in [6, 6.07) is 11.5. The van der Waals surface area contributed by atoms with Crippen molar-refractivity contribution in [2.75, 3.05) is 12.8 Å². The van der Waals surface area contributed by atoms with Crippen LogP contribution in [0.4, 0.5) is 0 Å². The lowest BCUT2D eigenvalue weighted by atomic mass is 10.1. The second-order valence-corrected chi connectivity index (χ2v) is 6.58. The van der Waals surface area contributed by atoms with Crippen LogP contribution in [0.1, 0.15) is 37.7 Å². The Morgan fingerprint density at radius 1 is 1.22 bits per heavy atom. The summed E-state index contributed by atoms with van der Waals surface area (Å²) in [4.78, 5) is 0. The fourth-order valence-corrected chi connectivity index (χ4v) is 4.11. The summed E-state index contributed by atoms with van der Waals surface area (Å²) in [7, 11) is 2.10. The van der Waals surface area contributed by atoms with E-state index in [4.69, 9.17) is 0 Å². The van der Waals surface area contributed by atoms with Crippen molar-refractivity contribution in [3.63, 3.8) is 0 Å². The van der Waals surface area contributed by atoms with Gasteiger partial charge in [0.2, 0.25) is 0 Å². The van der Waals surface area contributed by atoms with Crippen LogP contribution in [0, 0.1) is 0 Å². The molecule has 0 aromatic heterocycles. The Hall–Kier alpha value is -0.470. The molecule has 1 aromatic rings. The van der Waals surface area contributed by atoms with Gasteiger partial charge in [-0.15, -0.1) is 0 Å². The summed E-state index contributed by atoms with van der Waals surface area (Å²) in [6.45, 7) is 0. The molecule has 0 amide bonds. The average Bonchev–Trinajstić information content (AvgIpc) is 2.93. The predicted octanol–water partition coefficient (Wildman–Crippen LogP) is 3.88. The van der Waals surface area contributed by atoms with E-state index in [1.54, 1.807) is 0 Å². The molecule has 0 radical (unpaired) electrons. The normalized spacial score (nSPS) is 18.1. The molecule has 0 bridgehead atoms. The Bertz CT molecular complexity index is 319. The molecule has 0 spiro atoms. The molecule has 2 heteroatoms. The van der Waals surface area contributed by atoms with Gasteiger partial charge >= 0.3 is 0 Å². The van der Waals surface area contributed by atoms with E-state index < -0.39 is 0 Å². The van der Waals surface area contributed by atoms with Crippen LogP contribution >= 0.6 is 11.8 Å². The summed E-state index contributed by atoms with van der Waals surface area (Å²) in [5.41, 5.74) is 1.46. The topological polar surface area (TPSA) is 12.0 Å². The second kappa shape index (κ2) is 7.85. The SMILES string of the molecule is CNC(CCc1ccccc1)CSC1CCCC1. The molecule has 0 aliphatic heterocycles. The monoisotopic (exact) mass is 263 g/mol. The third-order valence-corrected chi connectivity index (χ3v) is 5.41. The van der Waals surface area contributed by atoms with Gasteiger partial charge in [0.1, 0.15) is 0 Å². The molecule has 1 aliphatic rings. The van der Waals surface area contributed by atoms with Gasteiger partial charge in [-0.05, 0) is 38.3 Å². The van der Waals surface area contributed by atoms with Crippen LogP contribution < -0.4 is 5.32 Å². The van der Waals surface area contributed by atoms with Gasteiger partial charge < -0.3 is 5.32 Å². The summed E-state index contributed by atoms with van der Waals surface area (Å²) in [5, 5.41) is 4.42. The largest absolute Gasteiger partial charge is 0.316 e. The molecule has 0 saturated heterocycles. The van der Waals surface area contributed by atoms with Crippen molar-refractivity contribution in [1.29, 1.82) is 0 Å². The van der Waals surface area contributed by atoms with Crippen molar-refractivity contribution >= 4 is 11.8 Å². The third kappa shape index (κ3) is 4.66. The molecule has 1 atom stereocenters. The highest BCUT2D eigenvalue weighted by atomic mass is 32.2. The first-order chi connectivity index (χ1) is 8.88. The Kier molecular flexibility index (Phi) is 6.09. The first-order valence-electron chi connectivity index (χ1n) is 7.21. The molecule has 1 N–H and O–H groups in total. The molecule has 0 heterocycles. The lowest BCUT2D eigenvalue weighted by Gasteiger charge is -2.18. The maximum atomic E-state index is 3.48. The fourth-order valence-electron chi connectivity index (χ4n) is 2.60. The van der Waals surface area contributed by atoms with E-state index in [9.17, 15) is 0 Å². The molecule has 1 nitrogen and oxygen atoms in total. The second-order valence-electron chi connectivity index (χ2n) is 5.25. The number of rotatable bonds is 7. The minimum Gasteiger partial charge on any atom is -0.316 e. The van der Waals surface area contributed by atoms with Gasteiger partial charge in [-0.1, -0.05) is 43.2 Å². The summed E-state index contributed by atoms with van der Waals surface area (Å²) in [6.07, 6.45) is 8.23. The molecule has 18 heavy (non-hydrogen) atoms. The number of benzene rings is 1. The third-order valence-electron chi connectivity index (χ3n) is 3.87. The van der Waals surface area contributed by atoms with Crippen LogP contribution in [0.15, 0.2) is 30.3 Å². The van der Waals surface area contributed by atoms with Gasteiger partial charge in [-0.3, -0.25) is 0 Å². The van der Waals surface area contributed by atoms with Crippen molar-refractivity contribution in [3.8, 4) is 0 Å². The van der Waals surface area contributed by atoms with E-state index in [1.807, 2.05) is 0 Å². The Labute approximate surface area is 116 Å². The highest BCUT2D eigenvalue weighted by Crippen LogP contribution is 2.30. The minimum atomic E-state index is 0.663. The van der Waals surface area contributed by atoms with Crippen LogP contribution in [-0.2, 0) is 6.42 Å². The van der Waals surface area contributed by atoms with Crippen LogP contribution in [-0.4, -0.2) is 24.1 Å². The van der Waals surface area contributed by atoms with Crippen LogP contribution in [0.2, 0.25) is 0 Å². The molecule has 1 fully saturated rings. The van der Waals surface area contributed by atoms with Gasteiger partial charge in [0, 0.05) is 17.0 Å². The zero-order valence-corrected chi connectivity index (χ0v) is 12.2. The molecule has 1 unspecified atom stereocenters. The van der Waals surface area contributed by atoms with E-state index >= 15 is 0 Å². The highest BCUT2D eigenvalue weighted by molar-refractivity contribution is 7.99. The molecule has 100 valence electrons. The lowest BCUT2D eigenvalue weighted by molar-refractivity contribution is 0.572. The van der Waals surface area contributed by atoms with E-state index in [-0.39, 0.29) is 0 Å². The van der Waals surface area contributed by atoms with Gasteiger partial charge in [0.15, 0.2) is 0 Å². The summed E-state index contributed by atoms with van der Waals surface area (Å²) in [5.74, 6) is 1.27. The maximum absolute atomic E-state index is 3.48. The fraction of sp³-hybridized carbons (Fsp3) is 0.625. The van der Waals surface area contributed by atoms with E-state index in [1.165, 1.54) is 49.8 Å². The first-order valence-corrected chi connectivity index (χ1v) is 8.26. The van der Waals surface area contributed by atoms with Crippen molar-refractivity contribution < 1.29 is 0 Å². The molecule has 2 rings (SSSR count). The summed E-state index contributed by atoms with van der Waals surface area (Å²) >= 11 is 2.19.